The van der Waals surface area contributed by atoms with Crippen LogP contribution in [-0.4, -0.2) is 42.1 Å². The molecule has 0 unspecified atom stereocenters. The molecule has 1 aromatic heterocycles. The third-order valence-electron chi connectivity index (χ3n) is 3.40. The van der Waals surface area contributed by atoms with Gasteiger partial charge in [0, 0.05) is 26.9 Å². The van der Waals surface area contributed by atoms with E-state index < -0.39 is 28.9 Å². The van der Waals surface area contributed by atoms with E-state index >= 15 is 0 Å². The number of nitrogens with one attached hydrogen (secondary N) is 1. The number of hydrogen-bond donors (Lipinski definition) is 1. The number of fused-ring (bicyclic) bond motifs is 1. The van der Waals surface area contributed by atoms with Gasteiger partial charge in [-0.2, -0.15) is 0 Å². The highest BCUT2D eigenvalue weighted by molar-refractivity contribution is 5.92. The minimum atomic E-state index is -0.861. The van der Waals surface area contributed by atoms with Crippen LogP contribution in [-0.2, 0) is 0 Å². The van der Waals surface area contributed by atoms with Gasteiger partial charge in [0.1, 0.15) is 5.92 Å². The molecule has 0 spiro atoms. The first-order chi connectivity index (χ1) is 10.5. The Balaban J connectivity index is 2.61. The van der Waals surface area contributed by atoms with Gasteiger partial charge in [-0.25, -0.2) is 0 Å². The fourth-order valence-corrected chi connectivity index (χ4v) is 2.50. The molecule has 9 heteroatoms. The summed E-state index contributed by atoms with van der Waals surface area (Å²) in [4.78, 5) is 23.5. The third kappa shape index (κ3) is 2.92. The number of H-pyrrole nitrogens is 1. The molecule has 1 N–H and O–H groups in total. The number of methoxy groups -OCH3 is 2. The van der Waals surface area contributed by atoms with Crippen molar-refractivity contribution in [3.63, 3.8) is 0 Å². The minimum Gasteiger partial charge on any atom is -0.493 e. The van der Waals surface area contributed by atoms with E-state index in [0.29, 0.717) is 28.0 Å². The van der Waals surface area contributed by atoms with Crippen LogP contribution in [0.4, 0.5) is 0 Å². The summed E-state index contributed by atoms with van der Waals surface area (Å²) < 4.78 is 10.5. The van der Waals surface area contributed by atoms with Crippen molar-refractivity contribution in [3.8, 4) is 11.5 Å². The Morgan fingerprint density at radius 2 is 1.77 bits per heavy atom. The molecule has 0 fully saturated rings. The van der Waals surface area contributed by atoms with Crippen molar-refractivity contribution in [2.75, 3.05) is 27.3 Å². The lowest BCUT2D eigenvalue weighted by Crippen LogP contribution is -2.20. The van der Waals surface area contributed by atoms with Gasteiger partial charge in [0.25, 0.3) is 0 Å². The SMILES string of the molecule is COc1ccc2[nH]cc(C(C[N+](=O)[O-])C[N+](=O)[O-])c2c1OC. The number of ether oxygens (including phenoxy) is 2. The number of nitro groups is 2. The lowest BCUT2D eigenvalue weighted by molar-refractivity contribution is -0.516. The molecule has 0 aliphatic rings. The van der Waals surface area contributed by atoms with Crippen LogP contribution in [0.25, 0.3) is 10.9 Å². The highest BCUT2D eigenvalue weighted by atomic mass is 16.6. The van der Waals surface area contributed by atoms with Crippen molar-refractivity contribution >= 4 is 10.9 Å². The molecule has 1 aromatic carbocycles. The van der Waals surface area contributed by atoms with E-state index in [2.05, 4.69) is 4.98 Å². The van der Waals surface area contributed by atoms with Gasteiger partial charge < -0.3 is 14.5 Å². The van der Waals surface area contributed by atoms with Crippen LogP contribution in [0.3, 0.4) is 0 Å². The molecule has 0 bridgehead atoms. The zero-order valence-electron chi connectivity index (χ0n) is 12.1. The quantitative estimate of drug-likeness (QED) is 0.615. The molecular weight excluding hydrogens is 294 g/mol. The summed E-state index contributed by atoms with van der Waals surface area (Å²) in [5, 5.41) is 22.2. The van der Waals surface area contributed by atoms with Gasteiger partial charge in [-0.3, -0.25) is 20.2 Å². The molecule has 0 aliphatic carbocycles. The standard InChI is InChI=1S/C13H15N3O6/c1-21-11-4-3-10-12(13(11)22-2)9(5-14-10)8(6-15(17)18)7-16(19)20/h3-5,8,14H,6-7H2,1-2H3. The van der Waals surface area contributed by atoms with E-state index in [9.17, 15) is 20.2 Å². The summed E-state index contributed by atoms with van der Waals surface area (Å²) in [6, 6.07) is 3.42. The Labute approximate surface area is 125 Å². The predicted octanol–water partition coefficient (Wildman–Crippen LogP) is 1.82. The molecule has 0 aliphatic heterocycles. The van der Waals surface area contributed by atoms with Crippen molar-refractivity contribution in [1.82, 2.24) is 4.98 Å². The van der Waals surface area contributed by atoms with Crippen molar-refractivity contribution < 1.29 is 19.3 Å². The van der Waals surface area contributed by atoms with Gasteiger partial charge in [-0.1, -0.05) is 0 Å². The van der Waals surface area contributed by atoms with Crippen LogP contribution in [0.1, 0.15) is 11.5 Å². The number of rotatable bonds is 7. The van der Waals surface area contributed by atoms with Crippen LogP contribution in [0.5, 0.6) is 11.5 Å². The normalized spacial score (nSPS) is 10.9. The number of aromatic amines is 1. The Hall–Kier alpha value is -2.84. The van der Waals surface area contributed by atoms with Crippen molar-refractivity contribution in [3.05, 3.63) is 44.1 Å². The topological polar surface area (TPSA) is 121 Å². The average molecular weight is 309 g/mol. The fourth-order valence-electron chi connectivity index (χ4n) is 2.50. The van der Waals surface area contributed by atoms with Crippen molar-refractivity contribution in [1.29, 1.82) is 0 Å². The van der Waals surface area contributed by atoms with E-state index in [0.717, 1.165) is 0 Å². The Morgan fingerprint density at radius 1 is 1.14 bits per heavy atom. The Kier molecular flexibility index (Phi) is 4.44. The third-order valence-corrected chi connectivity index (χ3v) is 3.40. The molecule has 118 valence electrons. The lowest BCUT2D eigenvalue weighted by atomic mass is 9.98. The Bertz CT molecular complexity index is 695. The predicted molar refractivity (Wildman–Crippen MR) is 77.9 cm³/mol. The maximum atomic E-state index is 10.8. The number of benzene rings is 1. The van der Waals surface area contributed by atoms with E-state index in [4.69, 9.17) is 9.47 Å². The van der Waals surface area contributed by atoms with Crippen LogP contribution < -0.4 is 9.47 Å². The van der Waals surface area contributed by atoms with Crippen molar-refractivity contribution in [2.45, 2.75) is 5.92 Å². The van der Waals surface area contributed by atoms with Crippen LogP contribution in [0, 0.1) is 20.2 Å². The average Bonchev–Trinajstić information content (AvgIpc) is 2.88. The summed E-state index contributed by atoms with van der Waals surface area (Å²) in [7, 11) is 2.92. The molecule has 9 nitrogen and oxygen atoms in total. The van der Waals surface area contributed by atoms with Gasteiger partial charge in [0.15, 0.2) is 11.5 Å². The van der Waals surface area contributed by atoms with E-state index in [-0.39, 0.29) is 0 Å². The summed E-state index contributed by atoms with van der Waals surface area (Å²) in [5.41, 5.74) is 1.14. The summed E-state index contributed by atoms with van der Waals surface area (Å²) >= 11 is 0. The molecule has 0 saturated carbocycles. The second-order valence-corrected chi connectivity index (χ2v) is 4.70. The monoisotopic (exact) mass is 309 g/mol. The molecule has 2 aromatic rings. The van der Waals surface area contributed by atoms with Crippen LogP contribution in [0.2, 0.25) is 0 Å². The van der Waals surface area contributed by atoms with E-state index in [1.807, 2.05) is 0 Å². The number of hydrogen-bond acceptors (Lipinski definition) is 6. The first-order valence-corrected chi connectivity index (χ1v) is 6.43. The first kappa shape index (κ1) is 15.5. The zero-order chi connectivity index (χ0) is 16.3. The van der Waals surface area contributed by atoms with Crippen LogP contribution >= 0.6 is 0 Å². The highest BCUT2D eigenvalue weighted by Gasteiger charge is 2.28. The Morgan fingerprint density at radius 3 is 2.27 bits per heavy atom. The van der Waals surface area contributed by atoms with Gasteiger partial charge in [-0.15, -0.1) is 0 Å². The van der Waals surface area contributed by atoms with Gasteiger partial charge >= 0.3 is 0 Å². The fraction of sp³-hybridized carbons (Fsp3) is 0.385. The molecular formula is C13H15N3O6. The summed E-state index contributed by atoms with van der Waals surface area (Å²) in [5.74, 6) is -0.00971. The maximum Gasteiger partial charge on any atom is 0.217 e. The number of nitrogens with zero attached hydrogens (tertiary/aromatic N) is 2. The highest BCUT2D eigenvalue weighted by Crippen LogP contribution is 2.39. The minimum absolute atomic E-state index is 0.396. The zero-order valence-corrected chi connectivity index (χ0v) is 12.1. The first-order valence-electron chi connectivity index (χ1n) is 6.43. The largest absolute Gasteiger partial charge is 0.493 e. The molecule has 22 heavy (non-hydrogen) atoms. The maximum absolute atomic E-state index is 10.8. The lowest BCUT2D eigenvalue weighted by Gasteiger charge is -2.12. The summed E-state index contributed by atoms with van der Waals surface area (Å²) in [6.45, 7) is -1.07. The van der Waals surface area contributed by atoms with Crippen molar-refractivity contribution in [2.24, 2.45) is 0 Å². The van der Waals surface area contributed by atoms with E-state index in [1.165, 1.54) is 14.2 Å². The van der Waals surface area contributed by atoms with E-state index in [1.54, 1.807) is 18.3 Å². The molecule has 0 amide bonds. The number of aromatic nitrogens is 1. The molecule has 0 radical (unpaired) electrons. The van der Waals surface area contributed by atoms with Gasteiger partial charge in [-0.05, 0) is 17.7 Å². The second-order valence-electron chi connectivity index (χ2n) is 4.70. The molecule has 0 saturated heterocycles. The second kappa shape index (κ2) is 6.29. The van der Waals surface area contributed by atoms with Gasteiger partial charge in [0.05, 0.1) is 14.2 Å². The molecule has 1 heterocycles. The summed E-state index contributed by atoms with van der Waals surface area (Å²) in [6.07, 6.45) is 1.55. The molecule has 0 atom stereocenters. The molecule has 2 rings (SSSR count). The van der Waals surface area contributed by atoms with Crippen LogP contribution in [0.15, 0.2) is 18.3 Å². The smallest absolute Gasteiger partial charge is 0.217 e. The van der Waals surface area contributed by atoms with Gasteiger partial charge in [0.2, 0.25) is 13.1 Å².